The molecule has 3 rings (SSSR count). The van der Waals surface area contributed by atoms with E-state index in [1.165, 1.54) is 11.1 Å². The molecule has 2 aromatic carbocycles. The zero-order chi connectivity index (χ0) is 14.8. The van der Waals surface area contributed by atoms with Crippen molar-refractivity contribution in [3.05, 3.63) is 68.7 Å². The van der Waals surface area contributed by atoms with Gasteiger partial charge < -0.3 is 5.32 Å². The topological polar surface area (TPSA) is 12.0 Å². The molecule has 0 spiro atoms. The molecule has 2 unspecified atom stereocenters. The van der Waals surface area contributed by atoms with Crippen molar-refractivity contribution in [2.75, 3.05) is 13.1 Å². The standard InChI is InChI=1S/C17H16Cl3N/c18-13-3-1-2-11(6-13)17-10-21-5-4-16(17)12-7-14(19)9-15(20)8-12/h1-3,6-9,16-17,21H,4-5,10H2. The zero-order valence-corrected chi connectivity index (χ0v) is 13.7. The van der Waals surface area contributed by atoms with Gasteiger partial charge in [0.1, 0.15) is 0 Å². The zero-order valence-electron chi connectivity index (χ0n) is 11.5. The summed E-state index contributed by atoms with van der Waals surface area (Å²) in [6.07, 6.45) is 1.06. The molecule has 1 fully saturated rings. The lowest BCUT2D eigenvalue weighted by atomic mass is 9.77. The van der Waals surface area contributed by atoms with Gasteiger partial charge in [0.2, 0.25) is 0 Å². The highest BCUT2D eigenvalue weighted by Crippen LogP contribution is 2.39. The Hall–Kier alpha value is -0.730. The molecule has 1 aliphatic rings. The van der Waals surface area contributed by atoms with Crippen LogP contribution in [0.4, 0.5) is 0 Å². The lowest BCUT2D eigenvalue weighted by molar-refractivity contribution is 0.404. The highest BCUT2D eigenvalue weighted by molar-refractivity contribution is 6.34. The molecule has 1 nitrogen and oxygen atoms in total. The molecule has 21 heavy (non-hydrogen) atoms. The van der Waals surface area contributed by atoms with Gasteiger partial charge in [0.15, 0.2) is 0 Å². The Morgan fingerprint density at radius 1 is 0.810 bits per heavy atom. The SMILES string of the molecule is Clc1cc(Cl)cc(C2CCNCC2c2cccc(Cl)c2)c1. The first-order valence-corrected chi connectivity index (χ1v) is 8.19. The van der Waals surface area contributed by atoms with Crippen LogP contribution in [-0.4, -0.2) is 13.1 Å². The lowest BCUT2D eigenvalue weighted by Crippen LogP contribution is -2.34. The molecule has 0 bridgehead atoms. The highest BCUT2D eigenvalue weighted by Gasteiger charge is 2.28. The monoisotopic (exact) mass is 339 g/mol. The van der Waals surface area contributed by atoms with Gasteiger partial charge in [-0.05, 0) is 60.3 Å². The Kier molecular flexibility index (Phi) is 4.75. The Morgan fingerprint density at radius 2 is 1.52 bits per heavy atom. The summed E-state index contributed by atoms with van der Waals surface area (Å²) in [4.78, 5) is 0. The molecule has 2 aromatic rings. The summed E-state index contributed by atoms with van der Waals surface area (Å²) in [6.45, 7) is 1.95. The molecule has 0 radical (unpaired) electrons. The summed E-state index contributed by atoms with van der Waals surface area (Å²) in [5, 5.41) is 5.64. The Bertz CT molecular complexity index is 621. The van der Waals surface area contributed by atoms with E-state index < -0.39 is 0 Å². The number of halogens is 3. The average molecular weight is 341 g/mol. The van der Waals surface area contributed by atoms with Gasteiger partial charge >= 0.3 is 0 Å². The average Bonchev–Trinajstić information content (AvgIpc) is 2.46. The van der Waals surface area contributed by atoms with E-state index in [4.69, 9.17) is 34.8 Å². The van der Waals surface area contributed by atoms with E-state index in [0.717, 1.165) is 24.5 Å². The van der Waals surface area contributed by atoms with Crippen LogP contribution in [0.1, 0.15) is 29.4 Å². The second kappa shape index (κ2) is 6.58. The minimum atomic E-state index is 0.381. The second-order valence-corrected chi connectivity index (χ2v) is 6.77. The number of nitrogens with one attached hydrogen (secondary N) is 1. The van der Waals surface area contributed by atoms with Crippen LogP contribution in [0.25, 0.3) is 0 Å². The predicted octanol–water partition coefficient (Wildman–Crippen LogP) is 5.51. The minimum Gasteiger partial charge on any atom is -0.316 e. The lowest BCUT2D eigenvalue weighted by Gasteiger charge is -2.33. The molecule has 0 amide bonds. The van der Waals surface area contributed by atoms with Crippen molar-refractivity contribution >= 4 is 34.8 Å². The summed E-state index contributed by atoms with van der Waals surface area (Å²) < 4.78 is 0. The molecular formula is C17H16Cl3N. The first kappa shape index (κ1) is 15.2. The smallest absolute Gasteiger partial charge is 0.0423 e. The highest BCUT2D eigenvalue weighted by atomic mass is 35.5. The molecule has 0 saturated carbocycles. The molecule has 110 valence electrons. The molecular weight excluding hydrogens is 325 g/mol. The van der Waals surface area contributed by atoms with Crippen molar-refractivity contribution in [1.29, 1.82) is 0 Å². The van der Waals surface area contributed by atoms with Gasteiger partial charge in [0.05, 0.1) is 0 Å². The third kappa shape index (κ3) is 3.54. The van der Waals surface area contributed by atoms with Crippen molar-refractivity contribution in [3.63, 3.8) is 0 Å². The molecule has 0 aromatic heterocycles. The number of benzene rings is 2. The normalized spacial score (nSPS) is 22.2. The molecule has 1 aliphatic heterocycles. The van der Waals surface area contributed by atoms with Crippen LogP contribution in [0.15, 0.2) is 42.5 Å². The molecule has 1 saturated heterocycles. The van der Waals surface area contributed by atoms with Crippen LogP contribution in [-0.2, 0) is 0 Å². The van der Waals surface area contributed by atoms with Gasteiger partial charge in [-0.1, -0.05) is 46.9 Å². The Balaban J connectivity index is 1.98. The van der Waals surface area contributed by atoms with Crippen molar-refractivity contribution in [2.24, 2.45) is 0 Å². The van der Waals surface area contributed by atoms with Crippen molar-refractivity contribution < 1.29 is 0 Å². The minimum absolute atomic E-state index is 0.381. The van der Waals surface area contributed by atoms with Gasteiger partial charge in [0.25, 0.3) is 0 Å². The quantitative estimate of drug-likeness (QED) is 0.760. The van der Waals surface area contributed by atoms with Crippen LogP contribution < -0.4 is 5.32 Å². The number of piperidine rings is 1. The van der Waals surface area contributed by atoms with E-state index in [0.29, 0.717) is 21.9 Å². The third-order valence-corrected chi connectivity index (χ3v) is 4.74. The van der Waals surface area contributed by atoms with E-state index in [1.807, 2.05) is 24.3 Å². The fourth-order valence-corrected chi connectivity index (χ4v) is 3.88. The Labute approximate surface area is 140 Å². The van der Waals surface area contributed by atoms with E-state index in [9.17, 15) is 0 Å². The number of hydrogen-bond donors (Lipinski definition) is 1. The van der Waals surface area contributed by atoms with Gasteiger partial charge in [0, 0.05) is 27.5 Å². The molecule has 4 heteroatoms. The second-order valence-electron chi connectivity index (χ2n) is 5.46. The van der Waals surface area contributed by atoms with Gasteiger partial charge in [-0.15, -0.1) is 0 Å². The maximum Gasteiger partial charge on any atom is 0.0423 e. The van der Waals surface area contributed by atoms with E-state index in [-0.39, 0.29) is 0 Å². The van der Waals surface area contributed by atoms with Crippen molar-refractivity contribution in [1.82, 2.24) is 5.32 Å². The first-order chi connectivity index (χ1) is 10.1. The summed E-state index contributed by atoms with van der Waals surface area (Å²) in [5.41, 5.74) is 2.47. The van der Waals surface area contributed by atoms with Crippen LogP contribution in [0, 0.1) is 0 Å². The summed E-state index contributed by atoms with van der Waals surface area (Å²) >= 11 is 18.5. The maximum absolute atomic E-state index is 6.17. The van der Waals surface area contributed by atoms with E-state index >= 15 is 0 Å². The third-order valence-electron chi connectivity index (χ3n) is 4.07. The van der Waals surface area contributed by atoms with Crippen molar-refractivity contribution in [3.8, 4) is 0 Å². The van der Waals surface area contributed by atoms with Crippen LogP contribution >= 0.6 is 34.8 Å². The molecule has 1 heterocycles. The van der Waals surface area contributed by atoms with E-state index in [1.54, 1.807) is 6.07 Å². The van der Waals surface area contributed by atoms with Gasteiger partial charge in [-0.25, -0.2) is 0 Å². The Morgan fingerprint density at radius 3 is 2.24 bits per heavy atom. The number of rotatable bonds is 2. The van der Waals surface area contributed by atoms with Gasteiger partial charge in [-0.2, -0.15) is 0 Å². The molecule has 1 N–H and O–H groups in total. The fraction of sp³-hybridized carbons (Fsp3) is 0.294. The summed E-state index contributed by atoms with van der Waals surface area (Å²) in [5.74, 6) is 0.785. The van der Waals surface area contributed by atoms with Crippen LogP contribution in [0.3, 0.4) is 0 Å². The van der Waals surface area contributed by atoms with Crippen LogP contribution in [0.5, 0.6) is 0 Å². The van der Waals surface area contributed by atoms with Crippen molar-refractivity contribution in [2.45, 2.75) is 18.3 Å². The fourth-order valence-electron chi connectivity index (χ4n) is 3.13. The van der Waals surface area contributed by atoms with E-state index in [2.05, 4.69) is 17.4 Å². The van der Waals surface area contributed by atoms with Gasteiger partial charge in [-0.3, -0.25) is 0 Å². The first-order valence-electron chi connectivity index (χ1n) is 7.05. The summed E-state index contributed by atoms with van der Waals surface area (Å²) in [6, 6.07) is 14.0. The molecule has 2 atom stereocenters. The van der Waals surface area contributed by atoms with Crippen LogP contribution in [0.2, 0.25) is 15.1 Å². The molecule has 0 aliphatic carbocycles. The maximum atomic E-state index is 6.17. The predicted molar refractivity (Wildman–Crippen MR) is 90.9 cm³/mol. The largest absolute Gasteiger partial charge is 0.316 e. The summed E-state index contributed by atoms with van der Waals surface area (Å²) in [7, 11) is 0. The number of hydrogen-bond acceptors (Lipinski definition) is 1.